The summed E-state index contributed by atoms with van der Waals surface area (Å²) in [5.74, 6) is 0.0213. The first-order chi connectivity index (χ1) is 10.0. The van der Waals surface area contributed by atoms with Gasteiger partial charge in [-0.1, -0.05) is 0 Å². The van der Waals surface area contributed by atoms with Crippen molar-refractivity contribution in [1.82, 2.24) is 4.98 Å². The van der Waals surface area contributed by atoms with E-state index >= 15 is 0 Å². The number of anilines is 1. The van der Waals surface area contributed by atoms with Gasteiger partial charge in [-0.3, -0.25) is 9.29 Å². The van der Waals surface area contributed by atoms with E-state index in [1.165, 1.54) is 11.4 Å². The fourth-order valence-electron chi connectivity index (χ4n) is 1.84. The lowest BCUT2D eigenvalue weighted by molar-refractivity contribution is 0.593. The number of nitrogens with zero attached hydrogens (tertiary/aromatic N) is 3. The molecule has 0 fully saturated rings. The van der Waals surface area contributed by atoms with Gasteiger partial charge in [0.2, 0.25) is 10.0 Å². The average Bonchev–Trinajstić information content (AvgIpc) is 2.53. The van der Waals surface area contributed by atoms with E-state index in [1.807, 2.05) is 6.07 Å². The molecular formula is C15H15N3O2S. The highest BCUT2D eigenvalue weighted by Gasteiger charge is 2.18. The van der Waals surface area contributed by atoms with Crippen molar-refractivity contribution in [2.45, 2.75) is 6.42 Å². The summed E-state index contributed by atoms with van der Waals surface area (Å²) in [4.78, 5) is 3.90. The van der Waals surface area contributed by atoms with Gasteiger partial charge in [0, 0.05) is 19.4 Å². The Kier molecular flexibility index (Phi) is 4.55. The summed E-state index contributed by atoms with van der Waals surface area (Å²) in [5.41, 5.74) is 1.98. The van der Waals surface area contributed by atoms with Gasteiger partial charge in [-0.25, -0.2) is 8.42 Å². The molecule has 5 nitrogen and oxygen atoms in total. The SMILES string of the molecule is CN(c1ccc(C#N)cc1)S(=O)(=O)CCc1ccncc1. The maximum absolute atomic E-state index is 12.3. The summed E-state index contributed by atoms with van der Waals surface area (Å²) in [7, 11) is -1.88. The molecule has 0 aliphatic carbocycles. The van der Waals surface area contributed by atoms with Gasteiger partial charge in [0.05, 0.1) is 23.1 Å². The van der Waals surface area contributed by atoms with Crippen LogP contribution in [0.3, 0.4) is 0 Å². The highest BCUT2D eigenvalue weighted by molar-refractivity contribution is 7.92. The molecule has 0 aliphatic heterocycles. The lowest BCUT2D eigenvalue weighted by Crippen LogP contribution is -2.29. The number of aromatic nitrogens is 1. The lowest BCUT2D eigenvalue weighted by Gasteiger charge is -2.19. The Labute approximate surface area is 124 Å². The topological polar surface area (TPSA) is 74.1 Å². The molecule has 0 radical (unpaired) electrons. The van der Waals surface area contributed by atoms with E-state index in [-0.39, 0.29) is 5.75 Å². The summed E-state index contributed by atoms with van der Waals surface area (Å²) < 4.78 is 25.9. The second kappa shape index (κ2) is 6.37. The first-order valence-corrected chi connectivity index (χ1v) is 7.99. The molecule has 0 saturated heterocycles. The van der Waals surface area contributed by atoms with Crippen LogP contribution in [0.2, 0.25) is 0 Å². The van der Waals surface area contributed by atoms with Crippen molar-refractivity contribution in [3.05, 3.63) is 59.9 Å². The monoisotopic (exact) mass is 301 g/mol. The number of hydrogen-bond acceptors (Lipinski definition) is 4. The van der Waals surface area contributed by atoms with Gasteiger partial charge in [-0.15, -0.1) is 0 Å². The third kappa shape index (κ3) is 3.80. The second-order valence-electron chi connectivity index (χ2n) is 4.55. The van der Waals surface area contributed by atoms with E-state index in [1.54, 1.807) is 48.8 Å². The smallest absolute Gasteiger partial charge is 0.235 e. The molecule has 6 heteroatoms. The van der Waals surface area contributed by atoms with Crippen LogP contribution in [0.5, 0.6) is 0 Å². The summed E-state index contributed by atoms with van der Waals surface area (Å²) in [6.07, 6.45) is 3.73. The van der Waals surface area contributed by atoms with Crippen molar-refractivity contribution in [3.8, 4) is 6.07 Å². The quantitative estimate of drug-likeness (QED) is 0.846. The van der Waals surface area contributed by atoms with Gasteiger partial charge in [-0.05, 0) is 48.4 Å². The van der Waals surface area contributed by atoms with Crippen LogP contribution in [0.1, 0.15) is 11.1 Å². The molecule has 0 bridgehead atoms. The lowest BCUT2D eigenvalue weighted by atomic mass is 10.2. The molecule has 0 amide bonds. The number of nitriles is 1. The maximum Gasteiger partial charge on any atom is 0.235 e. The molecule has 0 atom stereocenters. The molecule has 0 unspecified atom stereocenters. The second-order valence-corrected chi connectivity index (χ2v) is 6.67. The van der Waals surface area contributed by atoms with Gasteiger partial charge in [0.1, 0.15) is 0 Å². The van der Waals surface area contributed by atoms with E-state index in [9.17, 15) is 8.42 Å². The molecule has 1 heterocycles. The van der Waals surface area contributed by atoms with Crippen LogP contribution in [0, 0.1) is 11.3 Å². The van der Waals surface area contributed by atoms with Crippen LogP contribution in [0.4, 0.5) is 5.69 Å². The van der Waals surface area contributed by atoms with Crippen molar-refractivity contribution in [2.75, 3.05) is 17.1 Å². The zero-order chi connectivity index (χ0) is 15.3. The molecule has 0 N–H and O–H groups in total. The number of rotatable bonds is 5. The van der Waals surface area contributed by atoms with Gasteiger partial charge < -0.3 is 0 Å². The minimum Gasteiger partial charge on any atom is -0.273 e. The van der Waals surface area contributed by atoms with E-state index in [2.05, 4.69) is 4.98 Å². The fourth-order valence-corrected chi connectivity index (χ4v) is 3.05. The van der Waals surface area contributed by atoms with Crippen molar-refractivity contribution >= 4 is 15.7 Å². The number of aryl methyl sites for hydroxylation is 1. The normalized spacial score (nSPS) is 10.9. The van der Waals surface area contributed by atoms with E-state index in [0.717, 1.165) is 5.56 Å². The molecule has 108 valence electrons. The summed E-state index contributed by atoms with van der Waals surface area (Å²) in [6.45, 7) is 0. The molecule has 21 heavy (non-hydrogen) atoms. The van der Waals surface area contributed by atoms with Gasteiger partial charge >= 0.3 is 0 Å². The molecule has 2 rings (SSSR count). The van der Waals surface area contributed by atoms with E-state index in [4.69, 9.17) is 5.26 Å². The van der Waals surface area contributed by atoms with Gasteiger partial charge in [0.25, 0.3) is 0 Å². The van der Waals surface area contributed by atoms with Crippen molar-refractivity contribution in [2.24, 2.45) is 0 Å². The minimum absolute atomic E-state index is 0.0213. The molecule has 0 aliphatic rings. The number of hydrogen-bond donors (Lipinski definition) is 0. The van der Waals surface area contributed by atoms with Crippen molar-refractivity contribution in [1.29, 1.82) is 5.26 Å². The number of sulfonamides is 1. The van der Waals surface area contributed by atoms with Crippen molar-refractivity contribution in [3.63, 3.8) is 0 Å². The Morgan fingerprint density at radius 1 is 1.14 bits per heavy atom. The minimum atomic E-state index is -3.40. The number of pyridine rings is 1. The number of benzene rings is 1. The zero-order valence-electron chi connectivity index (χ0n) is 11.6. The average molecular weight is 301 g/mol. The zero-order valence-corrected chi connectivity index (χ0v) is 12.4. The van der Waals surface area contributed by atoms with E-state index < -0.39 is 10.0 Å². The molecule has 0 saturated carbocycles. The van der Waals surface area contributed by atoms with Crippen LogP contribution in [-0.2, 0) is 16.4 Å². The third-order valence-corrected chi connectivity index (χ3v) is 4.94. The first kappa shape index (κ1) is 15.0. The van der Waals surface area contributed by atoms with E-state index in [0.29, 0.717) is 17.7 Å². The summed E-state index contributed by atoms with van der Waals surface area (Å²) in [6, 6.07) is 12.1. The Morgan fingerprint density at radius 3 is 2.33 bits per heavy atom. The van der Waals surface area contributed by atoms with Gasteiger partial charge in [0.15, 0.2) is 0 Å². The Hall–Kier alpha value is -2.39. The summed E-state index contributed by atoms with van der Waals surface area (Å²) >= 11 is 0. The Balaban J connectivity index is 2.09. The van der Waals surface area contributed by atoms with Crippen LogP contribution < -0.4 is 4.31 Å². The highest BCUT2D eigenvalue weighted by Crippen LogP contribution is 2.17. The molecular weight excluding hydrogens is 286 g/mol. The van der Waals surface area contributed by atoms with Crippen LogP contribution in [-0.4, -0.2) is 26.2 Å². The van der Waals surface area contributed by atoms with Crippen LogP contribution >= 0.6 is 0 Å². The summed E-state index contributed by atoms with van der Waals surface area (Å²) in [5, 5.41) is 8.75. The van der Waals surface area contributed by atoms with Crippen LogP contribution in [0.15, 0.2) is 48.8 Å². The van der Waals surface area contributed by atoms with Crippen LogP contribution in [0.25, 0.3) is 0 Å². The molecule has 1 aromatic carbocycles. The first-order valence-electron chi connectivity index (χ1n) is 6.38. The predicted octanol–water partition coefficient (Wildman–Crippen LogP) is 1.96. The van der Waals surface area contributed by atoms with Crippen molar-refractivity contribution < 1.29 is 8.42 Å². The molecule has 1 aromatic heterocycles. The highest BCUT2D eigenvalue weighted by atomic mass is 32.2. The Bertz CT molecular complexity index is 735. The standard InChI is InChI=1S/C15H15N3O2S/c1-18(15-4-2-14(12-16)3-5-15)21(19,20)11-8-13-6-9-17-10-7-13/h2-7,9-10H,8,11H2,1H3. The molecule has 2 aromatic rings. The predicted molar refractivity (Wildman–Crippen MR) is 81.3 cm³/mol. The molecule has 0 spiro atoms. The van der Waals surface area contributed by atoms with Gasteiger partial charge in [-0.2, -0.15) is 5.26 Å². The fraction of sp³-hybridized carbons (Fsp3) is 0.200. The maximum atomic E-state index is 12.3. The third-order valence-electron chi connectivity index (χ3n) is 3.18. The largest absolute Gasteiger partial charge is 0.273 e. The Morgan fingerprint density at radius 2 is 1.76 bits per heavy atom.